The van der Waals surface area contributed by atoms with Gasteiger partial charge in [-0.3, -0.25) is 0 Å². The highest BCUT2D eigenvalue weighted by Crippen LogP contribution is 2.17. The number of rotatable bonds is 6. The summed E-state index contributed by atoms with van der Waals surface area (Å²) in [6, 6.07) is 8.37. The summed E-state index contributed by atoms with van der Waals surface area (Å²) in [5.74, 6) is 0.893. The zero-order chi connectivity index (χ0) is 14.9. The molecule has 2 rings (SSSR count). The van der Waals surface area contributed by atoms with Crippen LogP contribution >= 0.6 is 0 Å². The first kappa shape index (κ1) is 15.7. The summed E-state index contributed by atoms with van der Waals surface area (Å²) >= 11 is 0. The fourth-order valence-corrected chi connectivity index (χ4v) is 2.72. The fraction of sp³-hybridized carbons (Fsp3) is 0.588. The second kappa shape index (κ2) is 8.55. The summed E-state index contributed by atoms with van der Waals surface area (Å²) in [6.07, 6.45) is 6.84. The van der Waals surface area contributed by atoms with Gasteiger partial charge in [-0.05, 0) is 43.9 Å². The summed E-state index contributed by atoms with van der Waals surface area (Å²) in [4.78, 5) is 11.8. The van der Waals surface area contributed by atoms with E-state index >= 15 is 0 Å². The topological polar surface area (TPSA) is 50.4 Å². The first-order chi connectivity index (χ1) is 10.3. The standard InChI is InChI=1S/C17H26N2O2/c1-2-21-16-10-8-14(9-11-16)12-13-18-17(20)19-15-6-4-3-5-7-15/h8-11,15H,2-7,12-13H2,1H3,(H2,18,19,20). The van der Waals surface area contributed by atoms with Gasteiger partial charge in [0.2, 0.25) is 0 Å². The van der Waals surface area contributed by atoms with E-state index in [-0.39, 0.29) is 6.03 Å². The number of benzene rings is 1. The Bertz CT molecular complexity index is 425. The molecule has 0 heterocycles. The highest BCUT2D eigenvalue weighted by atomic mass is 16.5. The van der Waals surface area contributed by atoms with Crippen LogP contribution in [-0.2, 0) is 6.42 Å². The molecule has 1 aromatic carbocycles. The van der Waals surface area contributed by atoms with Gasteiger partial charge in [-0.15, -0.1) is 0 Å². The molecule has 1 aliphatic rings. The van der Waals surface area contributed by atoms with Gasteiger partial charge in [-0.1, -0.05) is 31.4 Å². The third kappa shape index (κ3) is 5.66. The summed E-state index contributed by atoms with van der Waals surface area (Å²) in [7, 11) is 0. The van der Waals surface area contributed by atoms with E-state index in [1.807, 2.05) is 31.2 Å². The SMILES string of the molecule is CCOc1ccc(CCNC(=O)NC2CCCCC2)cc1. The molecule has 0 radical (unpaired) electrons. The van der Waals surface area contributed by atoms with Gasteiger partial charge in [0.25, 0.3) is 0 Å². The molecule has 1 aromatic rings. The quantitative estimate of drug-likeness (QED) is 0.845. The van der Waals surface area contributed by atoms with E-state index in [0.29, 0.717) is 19.2 Å². The van der Waals surface area contributed by atoms with Crippen molar-refractivity contribution in [3.63, 3.8) is 0 Å². The molecule has 116 valence electrons. The molecule has 0 saturated heterocycles. The highest BCUT2D eigenvalue weighted by Gasteiger charge is 2.14. The first-order valence-corrected chi connectivity index (χ1v) is 8.04. The van der Waals surface area contributed by atoms with Gasteiger partial charge in [-0.25, -0.2) is 4.79 Å². The predicted octanol–water partition coefficient (Wildman–Crippen LogP) is 3.26. The van der Waals surface area contributed by atoms with Gasteiger partial charge in [-0.2, -0.15) is 0 Å². The van der Waals surface area contributed by atoms with E-state index in [0.717, 1.165) is 25.0 Å². The summed E-state index contributed by atoms with van der Waals surface area (Å²) in [5, 5.41) is 6.00. The average molecular weight is 290 g/mol. The Balaban J connectivity index is 1.64. The zero-order valence-electron chi connectivity index (χ0n) is 12.9. The number of hydrogen-bond acceptors (Lipinski definition) is 2. The fourth-order valence-electron chi connectivity index (χ4n) is 2.72. The Labute approximate surface area is 127 Å². The second-order valence-corrected chi connectivity index (χ2v) is 5.56. The minimum absolute atomic E-state index is 0.0344. The van der Waals surface area contributed by atoms with Crippen LogP contribution in [0.5, 0.6) is 5.75 Å². The largest absolute Gasteiger partial charge is 0.494 e. The summed E-state index contributed by atoms with van der Waals surface area (Å²) in [5.41, 5.74) is 1.21. The second-order valence-electron chi connectivity index (χ2n) is 5.56. The van der Waals surface area contributed by atoms with Crippen molar-refractivity contribution in [1.82, 2.24) is 10.6 Å². The monoisotopic (exact) mass is 290 g/mol. The molecule has 0 atom stereocenters. The van der Waals surface area contributed by atoms with Crippen molar-refractivity contribution in [3.05, 3.63) is 29.8 Å². The van der Waals surface area contributed by atoms with E-state index in [4.69, 9.17) is 4.74 Å². The molecule has 21 heavy (non-hydrogen) atoms. The van der Waals surface area contributed by atoms with Crippen LogP contribution in [0.4, 0.5) is 4.79 Å². The number of hydrogen-bond donors (Lipinski definition) is 2. The molecule has 1 saturated carbocycles. The van der Waals surface area contributed by atoms with Crippen LogP contribution in [-0.4, -0.2) is 25.2 Å². The van der Waals surface area contributed by atoms with Crippen LogP contribution < -0.4 is 15.4 Å². The van der Waals surface area contributed by atoms with Crippen LogP contribution in [0.1, 0.15) is 44.6 Å². The number of carbonyl (C=O) groups excluding carboxylic acids is 1. The molecule has 4 heteroatoms. The van der Waals surface area contributed by atoms with Gasteiger partial charge in [0, 0.05) is 12.6 Å². The van der Waals surface area contributed by atoms with Crippen molar-refractivity contribution in [3.8, 4) is 5.75 Å². The Hall–Kier alpha value is -1.71. The highest BCUT2D eigenvalue weighted by molar-refractivity contribution is 5.74. The molecule has 2 N–H and O–H groups in total. The smallest absolute Gasteiger partial charge is 0.315 e. The molecule has 1 fully saturated rings. The van der Waals surface area contributed by atoms with E-state index in [1.54, 1.807) is 0 Å². The van der Waals surface area contributed by atoms with Crippen LogP contribution in [0.15, 0.2) is 24.3 Å². The van der Waals surface area contributed by atoms with Gasteiger partial charge < -0.3 is 15.4 Å². The van der Waals surface area contributed by atoms with Crippen LogP contribution in [0.2, 0.25) is 0 Å². The molecule has 4 nitrogen and oxygen atoms in total. The number of amides is 2. The molecular formula is C17H26N2O2. The summed E-state index contributed by atoms with van der Waals surface area (Å²) in [6.45, 7) is 3.32. The third-order valence-electron chi connectivity index (χ3n) is 3.87. The van der Waals surface area contributed by atoms with Gasteiger partial charge in [0.05, 0.1) is 6.61 Å². The zero-order valence-corrected chi connectivity index (χ0v) is 12.9. The maximum absolute atomic E-state index is 11.8. The van der Waals surface area contributed by atoms with Crippen LogP contribution in [0.25, 0.3) is 0 Å². The molecular weight excluding hydrogens is 264 g/mol. The first-order valence-electron chi connectivity index (χ1n) is 8.04. The van der Waals surface area contributed by atoms with Crippen molar-refractivity contribution in [2.75, 3.05) is 13.2 Å². The molecule has 2 amide bonds. The lowest BCUT2D eigenvalue weighted by molar-refractivity contribution is 0.233. The van der Waals surface area contributed by atoms with Crippen LogP contribution in [0.3, 0.4) is 0 Å². The molecule has 0 aromatic heterocycles. The van der Waals surface area contributed by atoms with E-state index in [1.165, 1.54) is 24.8 Å². The van der Waals surface area contributed by atoms with Crippen molar-refractivity contribution in [2.45, 2.75) is 51.5 Å². The Morgan fingerprint density at radius 2 is 1.90 bits per heavy atom. The molecule has 0 bridgehead atoms. The van der Waals surface area contributed by atoms with E-state index < -0.39 is 0 Å². The maximum Gasteiger partial charge on any atom is 0.315 e. The molecule has 0 spiro atoms. The maximum atomic E-state index is 11.8. The van der Waals surface area contributed by atoms with Crippen molar-refractivity contribution >= 4 is 6.03 Å². The normalized spacial score (nSPS) is 15.5. The van der Waals surface area contributed by atoms with Crippen molar-refractivity contribution in [2.24, 2.45) is 0 Å². The Kier molecular flexibility index (Phi) is 6.38. The lowest BCUT2D eigenvalue weighted by atomic mass is 9.96. The molecule has 0 aliphatic heterocycles. The minimum atomic E-state index is -0.0344. The van der Waals surface area contributed by atoms with Crippen molar-refractivity contribution < 1.29 is 9.53 Å². The van der Waals surface area contributed by atoms with E-state index in [9.17, 15) is 4.79 Å². The molecule has 1 aliphatic carbocycles. The number of carbonyl (C=O) groups is 1. The number of ether oxygens (including phenoxy) is 1. The minimum Gasteiger partial charge on any atom is -0.494 e. The Morgan fingerprint density at radius 1 is 1.19 bits per heavy atom. The van der Waals surface area contributed by atoms with E-state index in [2.05, 4.69) is 10.6 Å². The Morgan fingerprint density at radius 3 is 2.57 bits per heavy atom. The predicted molar refractivity (Wildman–Crippen MR) is 84.7 cm³/mol. The average Bonchev–Trinajstić information content (AvgIpc) is 2.50. The number of nitrogens with one attached hydrogen (secondary N) is 2. The number of urea groups is 1. The van der Waals surface area contributed by atoms with Crippen molar-refractivity contribution in [1.29, 1.82) is 0 Å². The summed E-state index contributed by atoms with van der Waals surface area (Å²) < 4.78 is 5.41. The van der Waals surface area contributed by atoms with Gasteiger partial charge in [0.1, 0.15) is 5.75 Å². The van der Waals surface area contributed by atoms with Crippen LogP contribution in [0, 0.1) is 0 Å². The van der Waals surface area contributed by atoms with Gasteiger partial charge >= 0.3 is 6.03 Å². The molecule has 0 unspecified atom stereocenters. The lowest BCUT2D eigenvalue weighted by Crippen LogP contribution is -2.43. The van der Waals surface area contributed by atoms with Gasteiger partial charge in [0.15, 0.2) is 0 Å². The third-order valence-corrected chi connectivity index (χ3v) is 3.87. The lowest BCUT2D eigenvalue weighted by Gasteiger charge is -2.22.